The molecule has 0 unspecified atom stereocenters. The van der Waals surface area contributed by atoms with Gasteiger partial charge in [-0.1, -0.05) is 31.4 Å². The number of carbonyl (C=O) groups excluding carboxylic acids is 1. The summed E-state index contributed by atoms with van der Waals surface area (Å²) >= 11 is 0. The first-order chi connectivity index (χ1) is 12.1. The lowest BCUT2D eigenvalue weighted by Gasteiger charge is -2.29. The maximum absolute atomic E-state index is 12.6. The molecule has 1 saturated carbocycles. The number of aromatic nitrogens is 2. The summed E-state index contributed by atoms with van der Waals surface area (Å²) in [5.41, 5.74) is 4.25. The highest BCUT2D eigenvalue weighted by Crippen LogP contribution is 2.37. The summed E-state index contributed by atoms with van der Waals surface area (Å²) in [4.78, 5) is 12.6. The fourth-order valence-corrected chi connectivity index (χ4v) is 3.99. The smallest absolute Gasteiger partial charge is 0.241 e. The van der Waals surface area contributed by atoms with E-state index in [1.807, 2.05) is 23.0 Å². The van der Waals surface area contributed by atoms with Crippen LogP contribution in [0, 0.1) is 12.8 Å². The predicted octanol–water partition coefficient (Wildman–Crippen LogP) is 3.45. The van der Waals surface area contributed by atoms with E-state index >= 15 is 0 Å². The number of nitrogens with one attached hydrogen (secondary N) is 1. The number of hydrogen-bond donors (Lipinski definition) is 1. The number of benzene rings is 1. The van der Waals surface area contributed by atoms with Gasteiger partial charge in [0.05, 0.1) is 11.9 Å². The van der Waals surface area contributed by atoms with Crippen molar-refractivity contribution in [3.05, 3.63) is 35.5 Å². The van der Waals surface area contributed by atoms with Crippen LogP contribution < -0.4 is 10.1 Å². The third-order valence-corrected chi connectivity index (χ3v) is 5.44. The van der Waals surface area contributed by atoms with Gasteiger partial charge < -0.3 is 10.1 Å². The van der Waals surface area contributed by atoms with Gasteiger partial charge in [-0.05, 0) is 37.8 Å². The molecular formula is C20H25N3O2. The highest BCUT2D eigenvalue weighted by molar-refractivity contribution is 5.78. The molecule has 1 aliphatic carbocycles. The van der Waals surface area contributed by atoms with Crippen molar-refractivity contribution in [2.45, 2.75) is 58.7 Å². The van der Waals surface area contributed by atoms with Gasteiger partial charge >= 0.3 is 0 Å². The van der Waals surface area contributed by atoms with Gasteiger partial charge in [0.2, 0.25) is 5.91 Å². The molecule has 25 heavy (non-hydrogen) atoms. The molecule has 1 aromatic heterocycles. The number of fused-ring (bicyclic) bond motifs is 3. The Morgan fingerprint density at radius 1 is 1.36 bits per heavy atom. The zero-order valence-corrected chi connectivity index (χ0v) is 14.9. The molecule has 0 saturated heterocycles. The van der Waals surface area contributed by atoms with Crippen molar-refractivity contribution < 1.29 is 9.53 Å². The number of aryl methyl sites for hydroxylation is 1. The monoisotopic (exact) mass is 339 g/mol. The van der Waals surface area contributed by atoms with Crippen LogP contribution in [0.3, 0.4) is 0 Å². The number of amides is 1. The van der Waals surface area contributed by atoms with Crippen LogP contribution in [0.15, 0.2) is 24.4 Å². The molecule has 1 N–H and O–H groups in total. The van der Waals surface area contributed by atoms with Crippen molar-refractivity contribution >= 4 is 5.91 Å². The molecule has 0 bridgehead atoms. The maximum atomic E-state index is 12.6. The van der Waals surface area contributed by atoms with E-state index in [4.69, 9.17) is 4.74 Å². The van der Waals surface area contributed by atoms with Gasteiger partial charge in [0, 0.05) is 17.2 Å². The lowest BCUT2D eigenvalue weighted by Crippen LogP contribution is -2.42. The van der Waals surface area contributed by atoms with Gasteiger partial charge in [0.15, 0.2) is 0 Å². The zero-order chi connectivity index (χ0) is 17.4. The van der Waals surface area contributed by atoms with Gasteiger partial charge in [-0.25, -0.2) is 0 Å². The third kappa shape index (κ3) is 3.15. The van der Waals surface area contributed by atoms with E-state index in [1.165, 1.54) is 24.8 Å². The second-order valence-corrected chi connectivity index (χ2v) is 7.40. The normalized spacial score (nSPS) is 21.8. The summed E-state index contributed by atoms with van der Waals surface area (Å²) in [6.45, 7) is 5.06. The molecule has 132 valence electrons. The van der Waals surface area contributed by atoms with Gasteiger partial charge in [-0.3, -0.25) is 9.48 Å². The predicted molar refractivity (Wildman–Crippen MR) is 96.3 cm³/mol. The second kappa shape index (κ2) is 6.54. The first-order valence-corrected chi connectivity index (χ1v) is 9.19. The lowest BCUT2D eigenvalue weighted by atomic mass is 9.86. The van der Waals surface area contributed by atoms with E-state index < -0.39 is 0 Å². The van der Waals surface area contributed by atoms with Crippen molar-refractivity contribution in [2.24, 2.45) is 5.92 Å². The number of ether oxygens (including phenoxy) is 1. The molecule has 2 aromatic rings. The van der Waals surface area contributed by atoms with E-state index in [2.05, 4.69) is 30.3 Å². The van der Waals surface area contributed by atoms with E-state index in [0.29, 0.717) is 18.6 Å². The highest BCUT2D eigenvalue weighted by Gasteiger charge is 2.26. The van der Waals surface area contributed by atoms with Crippen LogP contribution in [0.5, 0.6) is 5.75 Å². The summed E-state index contributed by atoms with van der Waals surface area (Å²) in [7, 11) is 0. The van der Waals surface area contributed by atoms with Crippen molar-refractivity contribution in [3.63, 3.8) is 0 Å². The minimum atomic E-state index is 0.0466. The van der Waals surface area contributed by atoms with E-state index in [-0.39, 0.29) is 12.5 Å². The average Bonchev–Trinajstić information content (AvgIpc) is 3.00. The number of rotatable bonds is 3. The van der Waals surface area contributed by atoms with Gasteiger partial charge in [-0.15, -0.1) is 0 Å². The quantitative estimate of drug-likeness (QED) is 0.932. The Morgan fingerprint density at radius 3 is 3.04 bits per heavy atom. The average molecular weight is 339 g/mol. The first kappa shape index (κ1) is 16.2. The number of carbonyl (C=O) groups is 1. The molecule has 2 atom stereocenters. The highest BCUT2D eigenvalue weighted by atomic mass is 16.5. The fraction of sp³-hybridized carbons (Fsp3) is 0.500. The van der Waals surface area contributed by atoms with Gasteiger partial charge in [0.25, 0.3) is 0 Å². The minimum Gasteiger partial charge on any atom is -0.488 e. The van der Waals surface area contributed by atoms with Crippen LogP contribution in [0.25, 0.3) is 11.3 Å². The molecule has 0 radical (unpaired) electrons. The Labute approximate surface area is 148 Å². The molecular weight excluding hydrogens is 314 g/mol. The molecule has 2 heterocycles. The summed E-state index contributed by atoms with van der Waals surface area (Å²) in [6, 6.07) is 6.44. The SMILES string of the molecule is Cc1ccc2c(c1)-c1c(cnn1CC(=O)N[C@H]1CCCC[C@H]1C)CO2. The van der Waals surface area contributed by atoms with Crippen LogP contribution in [0.2, 0.25) is 0 Å². The molecule has 5 heteroatoms. The first-order valence-electron chi connectivity index (χ1n) is 9.19. The topological polar surface area (TPSA) is 56.2 Å². The Morgan fingerprint density at radius 2 is 2.20 bits per heavy atom. The standard InChI is InChI=1S/C20H25N3O2/c1-13-7-8-18-16(9-13)20-15(12-25-18)10-21-23(20)11-19(24)22-17-6-4-3-5-14(17)2/h7-10,14,17H,3-6,11-12H2,1-2H3,(H,22,24)/t14-,17+/m1/s1. The van der Waals surface area contributed by atoms with Crippen LogP contribution in [0.4, 0.5) is 0 Å². The summed E-state index contributed by atoms with van der Waals surface area (Å²) < 4.78 is 7.62. The van der Waals surface area contributed by atoms with Gasteiger partial charge in [0.1, 0.15) is 18.9 Å². The van der Waals surface area contributed by atoms with Crippen LogP contribution in [0.1, 0.15) is 43.7 Å². The molecule has 2 aliphatic rings. The van der Waals surface area contributed by atoms with Gasteiger partial charge in [-0.2, -0.15) is 5.10 Å². The van der Waals surface area contributed by atoms with E-state index in [1.54, 1.807) is 0 Å². The Bertz CT molecular complexity index is 796. The molecule has 1 fully saturated rings. The zero-order valence-electron chi connectivity index (χ0n) is 14.9. The molecule has 1 aromatic carbocycles. The van der Waals surface area contributed by atoms with Crippen molar-refractivity contribution in [2.75, 3.05) is 0 Å². The van der Waals surface area contributed by atoms with E-state index in [0.717, 1.165) is 29.0 Å². The summed E-state index contributed by atoms with van der Waals surface area (Å²) in [6.07, 6.45) is 6.58. The van der Waals surface area contributed by atoms with Crippen molar-refractivity contribution in [1.29, 1.82) is 0 Å². The van der Waals surface area contributed by atoms with Crippen LogP contribution in [-0.2, 0) is 17.9 Å². The van der Waals surface area contributed by atoms with Crippen molar-refractivity contribution in [1.82, 2.24) is 15.1 Å². The molecule has 4 rings (SSSR count). The largest absolute Gasteiger partial charge is 0.488 e. The minimum absolute atomic E-state index is 0.0466. The Kier molecular flexibility index (Phi) is 4.24. The van der Waals surface area contributed by atoms with Crippen LogP contribution >= 0.6 is 0 Å². The second-order valence-electron chi connectivity index (χ2n) is 7.40. The lowest BCUT2D eigenvalue weighted by molar-refractivity contribution is -0.123. The fourth-order valence-electron chi connectivity index (χ4n) is 3.99. The summed E-state index contributed by atoms with van der Waals surface area (Å²) in [5, 5.41) is 7.67. The van der Waals surface area contributed by atoms with Crippen LogP contribution in [-0.4, -0.2) is 21.7 Å². The van der Waals surface area contributed by atoms with E-state index in [9.17, 15) is 4.79 Å². The molecule has 0 spiro atoms. The van der Waals surface area contributed by atoms with Crippen molar-refractivity contribution in [3.8, 4) is 17.0 Å². The Balaban J connectivity index is 1.55. The summed E-state index contributed by atoms with van der Waals surface area (Å²) in [5.74, 6) is 1.47. The Hall–Kier alpha value is -2.30. The molecule has 1 amide bonds. The number of nitrogens with zero attached hydrogens (tertiary/aromatic N) is 2. The number of hydrogen-bond acceptors (Lipinski definition) is 3. The third-order valence-electron chi connectivity index (χ3n) is 5.44. The molecule has 5 nitrogen and oxygen atoms in total. The maximum Gasteiger partial charge on any atom is 0.241 e. The molecule has 1 aliphatic heterocycles.